The maximum Gasteiger partial charge on any atom is 0.435 e. The topological polar surface area (TPSA) is 177 Å². The van der Waals surface area contributed by atoms with E-state index in [-0.39, 0.29) is 57.5 Å². The zero-order valence-electron chi connectivity index (χ0n) is 31.3. The molecular weight excluding hydrogens is 767 g/mol. The number of nitrogen functional groups attached to an aromatic ring is 1. The molecule has 3 aliphatic rings. The number of piperazine rings is 1. The summed E-state index contributed by atoms with van der Waals surface area (Å²) < 4.78 is 45.1. The second-order valence-electron chi connectivity index (χ2n) is 15.1. The molecule has 0 aliphatic carbocycles. The maximum absolute atomic E-state index is 14.1. The quantitative estimate of drug-likeness (QED) is 0.162. The first-order valence-corrected chi connectivity index (χ1v) is 19.0. The highest BCUT2D eigenvalue weighted by Crippen LogP contribution is 2.37. The summed E-state index contributed by atoms with van der Waals surface area (Å²) in [6.07, 6.45) is 0.542. The number of carboxylic acids is 1. The summed E-state index contributed by atoms with van der Waals surface area (Å²) in [4.78, 5) is 50.7. The number of hydrogen-bond acceptors (Lipinski definition) is 9. The maximum atomic E-state index is 14.1. The average Bonchev–Trinajstić information content (AvgIpc) is 3.77. The minimum Gasteiger partial charge on any atom is -0.477 e. The van der Waals surface area contributed by atoms with E-state index in [0.29, 0.717) is 42.3 Å². The van der Waals surface area contributed by atoms with Crippen LogP contribution in [0.2, 0.25) is 5.02 Å². The van der Waals surface area contributed by atoms with Gasteiger partial charge in [0.1, 0.15) is 0 Å². The summed E-state index contributed by atoms with van der Waals surface area (Å²) in [6, 6.07) is 7.40. The Kier molecular flexibility index (Phi) is 11.0. The number of imidazole rings is 1. The van der Waals surface area contributed by atoms with Gasteiger partial charge in [0.25, 0.3) is 11.8 Å². The van der Waals surface area contributed by atoms with Gasteiger partial charge in [0.05, 0.1) is 59.6 Å². The van der Waals surface area contributed by atoms with E-state index >= 15 is 0 Å². The molecule has 15 nitrogen and oxygen atoms in total. The zero-order chi connectivity index (χ0) is 40.6. The average molecular weight is 811 g/mol. The minimum atomic E-state index is -4.82. The first-order valence-electron chi connectivity index (χ1n) is 18.6. The number of aliphatic carboxylic acids is 1. The SMILES string of the molecule is C=C(C1CC[N+](CC(=O)O)(CC2CNC2)CC1)N1CCN(C(=O)c2ccc(NC(=O)c3ncc(-c4cn(-c5ccc(N)cn5)nc4C(F)(F)F)n3C)cc2Cl)CC1. The van der Waals surface area contributed by atoms with Crippen molar-refractivity contribution in [2.24, 2.45) is 18.9 Å². The minimum absolute atomic E-state index is 0.00949. The Labute approximate surface area is 331 Å². The fourth-order valence-electron chi connectivity index (χ4n) is 8.04. The molecule has 57 heavy (non-hydrogen) atoms. The molecule has 7 rings (SSSR count). The van der Waals surface area contributed by atoms with Crippen LogP contribution in [0, 0.1) is 11.8 Å². The van der Waals surface area contributed by atoms with Crippen molar-refractivity contribution in [3.05, 3.63) is 83.3 Å². The third-order valence-corrected chi connectivity index (χ3v) is 11.6. The molecule has 302 valence electrons. The van der Waals surface area contributed by atoms with E-state index in [0.717, 1.165) is 68.3 Å². The Hall–Kier alpha value is -5.46. The van der Waals surface area contributed by atoms with Crippen LogP contribution in [0.5, 0.6) is 0 Å². The molecule has 0 spiro atoms. The van der Waals surface area contributed by atoms with Gasteiger partial charge in [0.15, 0.2) is 23.9 Å². The summed E-state index contributed by atoms with van der Waals surface area (Å²) in [6.45, 7) is 11.1. The van der Waals surface area contributed by atoms with Gasteiger partial charge in [-0.25, -0.2) is 19.4 Å². The van der Waals surface area contributed by atoms with Crippen LogP contribution in [0.15, 0.2) is 61.2 Å². The van der Waals surface area contributed by atoms with Gasteiger partial charge in [-0.05, 0) is 30.3 Å². The smallest absolute Gasteiger partial charge is 0.435 e. The van der Waals surface area contributed by atoms with Crippen molar-refractivity contribution in [1.82, 2.24) is 39.4 Å². The summed E-state index contributed by atoms with van der Waals surface area (Å²) >= 11 is 6.58. The number of allylic oxidation sites excluding steroid dienone is 1. The number of carboxylic acid groups (broad SMARTS) is 1. The van der Waals surface area contributed by atoms with E-state index in [1.165, 1.54) is 48.1 Å². The Morgan fingerprint density at radius 1 is 1.05 bits per heavy atom. The number of likely N-dealkylation sites (tertiary alicyclic amines) is 1. The molecule has 0 saturated carbocycles. The number of hydrogen-bond donors (Lipinski definition) is 4. The van der Waals surface area contributed by atoms with Crippen molar-refractivity contribution in [1.29, 1.82) is 0 Å². The molecule has 0 atom stereocenters. The Balaban J connectivity index is 0.954. The number of amides is 2. The number of nitrogens with one attached hydrogen (secondary N) is 2. The molecule has 19 heteroatoms. The summed E-state index contributed by atoms with van der Waals surface area (Å²) in [5.74, 6) is -1.02. The van der Waals surface area contributed by atoms with Gasteiger partial charge < -0.3 is 40.3 Å². The number of rotatable bonds is 11. The zero-order valence-corrected chi connectivity index (χ0v) is 32.1. The Morgan fingerprint density at radius 2 is 1.75 bits per heavy atom. The Bertz CT molecular complexity index is 2170. The van der Waals surface area contributed by atoms with Crippen molar-refractivity contribution in [2.75, 3.05) is 76.5 Å². The standard InChI is InChI=1S/C38H43ClF3N11O4/c1-23(25-7-13-53(14-8-25,22-33(54)55)21-24-16-44-17-24)50-9-11-51(12-10-50)37(57)28-5-4-27(15-30(28)39)47-36(56)35-46-19-31(49(35)2)29-20-52(48-34(29)38(40,41)42)32-6-3-26(43)18-45-32/h3-6,15,18-20,24-25,44H,1,7-14,16-17,21-22,43H2,2H3,(H-,47,54,55,56,57)/p+1. The van der Waals surface area contributed by atoms with Crippen molar-refractivity contribution in [2.45, 2.75) is 19.0 Å². The van der Waals surface area contributed by atoms with Crippen LogP contribution in [-0.2, 0) is 18.0 Å². The fourth-order valence-corrected chi connectivity index (χ4v) is 8.30. The van der Waals surface area contributed by atoms with Crippen LogP contribution in [0.4, 0.5) is 24.5 Å². The van der Waals surface area contributed by atoms with Gasteiger partial charge in [-0.15, -0.1) is 0 Å². The number of carbonyl (C=O) groups is 3. The van der Waals surface area contributed by atoms with Gasteiger partial charge in [-0.3, -0.25) is 9.59 Å². The monoisotopic (exact) mass is 810 g/mol. The lowest BCUT2D eigenvalue weighted by Gasteiger charge is -2.47. The van der Waals surface area contributed by atoms with E-state index in [2.05, 4.69) is 37.2 Å². The highest BCUT2D eigenvalue weighted by Gasteiger charge is 2.41. The summed E-state index contributed by atoms with van der Waals surface area (Å²) in [5, 5.41) is 19.4. The van der Waals surface area contributed by atoms with Crippen LogP contribution in [0.25, 0.3) is 17.1 Å². The lowest BCUT2D eigenvalue weighted by molar-refractivity contribution is -0.930. The van der Waals surface area contributed by atoms with E-state index < -0.39 is 23.7 Å². The predicted molar refractivity (Wildman–Crippen MR) is 205 cm³/mol. The number of aromatic nitrogens is 5. The van der Waals surface area contributed by atoms with Crippen LogP contribution in [0.1, 0.15) is 39.5 Å². The highest BCUT2D eigenvalue weighted by atomic mass is 35.5. The lowest BCUT2D eigenvalue weighted by Crippen LogP contribution is -2.62. The van der Waals surface area contributed by atoms with E-state index in [4.69, 9.17) is 17.3 Å². The number of alkyl halides is 3. The molecule has 5 N–H and O–H groups in total. The number of quaternary nitrogens is 1. The molecule has 3 aliphatic heterocycles. The number of benzene rings is 1. The molecule has 0 radical (unpaired) electrons. The van der Waals surface area contributed by atoms with Crippen molar-refractivity contribution in [3.8, 4) is 17.1 Å². The highest BCUT2D eigenvalue weighted by molar-refractivity contribution is 6.34. The molecule has 3 fully saturated rings. The van der Waals surface area contributed by atoms with Crippen molar-refractivity contribution >= 4 is 40.8 Å². The first-order chi connectivity index (χ1) is 27.1. The van der Waals surface area contributed by atoms with E-state index in [1.54, 1.807) is 4.90 Å². The molecule has 1 aromatic carbocycles. The van der Waals surface area contributed by atoms with Gasteiger partial charge in [0, 0.05) is 88.6 Å². The molecule has 3 aromatic heterocycles. The second-order valence-corrected chi connectivity index (χ2v) is 15.5. The van der Waals surface area contributed by atoms with Crippen LogP contribution >= 0.6 is 11.6 Å². The predicted octanol–water partition coefficient (Wildman–Crippen LogP) is 3.98. The van der Waals surface area contributed by atoms with Gasteiger partial charge in [-0.1, -0.05) is 18.2 Å². The molecule has 2 amide bonds. The third kappa shape index (κ3) is 8.47. The van der Waals surface area contributed by atoms with Crippen molar-refractivity contribution in [3.63, 3.8) is 0 Å². The van der Waals surface area contributed by atoms with E-state index in [9.17, 15) is 32.7 Å². The number of piperidine rings is 1. The first kappa shape index (κ1) is 39.8. The number of carbonyl (C=O) groups excluding carboxylic acids is 2. The second kappa shape index (κ2) is 15.8. The van der Waals surface area contributed by atoms with Gasteiger partial charge in [0.2, 0.25) is 0 Å². The number of pyridine rings is 1. The molecule has 6 heterocycles. The molecule has 3 saturated heterocycles. The molecular formula is C38H44ClF3N11O4+. The van der Waals surface area contributed by atoms with E-state index in [1.807, 2.05) is 0 Å². The molecule has 4 aromatic rings. The number of nitrogens with two attached hydrogens (primary N) is 1. The molecule has 0 bridgehead atoms. The normalized spacial score (nSPS) is 20.3. The van der Waals surface area contributed by atoms with Crippen LogP contribution in [-0.4, -0.2) is 127 Å². The van der Waals surface area contributed by atoms with Gasteiger partial charge >= 0.3 is 12.1 Å². The summed E-state index contributed by atoms with van der Waals surface area (Å²) in [7, 11) is 1.41. The lowest BCUT2D eigenvalue weighted by atomic mass is 9.89. The Morgan fingerprint density at radius 3 is 2.35 bits per heavy atom. The number of halogens is 4. The summed E-state index contributed by atoms with van der Waals surface area (Å²) in [5.41, 5.74) is 6.04. The van der Waals surface area contributed by atoms with Gasteiger partial charge in [-0.2, -0.15) is 18.3 Å². The van der Waals surface area contributed by atoms with Crippen LogP contribution < -0.4 is 16.4 Å². The molecule has 0 unspecified atom stereocenters. The largest absolute Gasteiger partial charge is 0.477 e. The number of anilines is 2. The fraction of sp³-hybridized carbons (Fsp3) is 0.421. The van der Waals surface area contributed by atoms with Crippen LogP contribution in [0.3, 0.4) is 0 Å². The number of nitrogens with zero attached hydrogens (tertiary/aromatic N) is 8. The van der Waals surface area contributed by atoms with Crippen molar-refractivity contribution < 1.29 is 37.1 Å². The third-order valence-electron chi connectivity index (χ3n) is 11.2.